The van der Waals surface area contributed by atoms with Gasteiger partial charge in [-0.25, -0.2) is 9.97 Å². The van der Waals surface area contributed by atoms with Crippen LogP contribution in [0.5, 0.6) is 0 Å². The molecule has 0 spiro atoms. The molecule has 118 valence electrons. The van der Waals surface area contributed by atoms with Gasteiger partial charge in [-0.2, -0.15) is 0 Å². The highest BCUT2D eigenvalue weighted by Crippen LogP contribution is 2.17. The van der Waals surface area contributed by atoms with Gasteiger partial charge in [-0.3, -0.25) is 0 Å². The summed E-state index contributed by atoms with van der Waals surface area (Å²) < 4.78 is 0. The molecule has 0 bridgehead atoms. The summed E-state index contributed by atoms with van der Waals surface area (Å²) >= 11 is 0. The second-order valence-corrected chi connectivity index (χ2v) is 4.18. The van der Waals surface area contributed by atoms with Crippen LogP contribution in [0.2, 0.25) is 0 Å². The van der Waals surface area contributed by atoms with Crippen molar-refractivity contribution in [3.05, 3.63) is 60.3 Å². The molecule has 0 amide bonds. The lowest BCUT2D eigenvalue weighted by atomic mass is 10.2. The molecule has 0 aliphatic rings. The van der Waals surface area contributed by atoms with Crippen LogP contribution in [0.25, 0.3) is 10.9 Å². The molecule has 0 saturated heterocycles. The largest absolute Gasteiger partial charge is 0.325 e. The number of anilines is 2. The molecule has 0 atom stereocenters. The first-order valence-corrected chi connectivity index (χ1v) is 7.88. The second kappa shape index (κ2) is 9.50. The molecule has 0 aliphatic carbocycles. The van der Waals surface area contributed by atoms with Crippen molar-refractivity contribution in [1.82, 2.24) is 9.97 Å². The minimum absolute atomic E-state index is 0. The van der Waals surface area contributed by atoms with Crippen molar-refractivity contribution in [1.29, 1.82) is 0 Å². The highest BCUT2D eigenvalue weighted by atomic mass is 15.1. The maximum atomic E-state index is 4.55. The van der Waals surface area contributed by atoms with Gasteiger partial charge in [-0.05, 0) is 37.3 Å². The number of nitrogens with zero attached hydrogens (tertiary/aromatic N) is 2. The minimum Gasteiger partial charge on any atom is -0.325 e. The highest BCUT2D eigenvalue weighted by molar-refractivity contribution is 5.80. The van der Waals surface area contributed by atoms with Crippen LogP contribution in [0.15, 0.2) is 54.6 Å². The van der Waals surface area contributed by atoms with E-state index in [1.807, 2.05) is 77.1 Å². The van der Waals surface area contributed by atoms with Gasteiger partial charge >= 0.3 is 0 Å². The van der Waals surface area contributed by atoms with Crippen molar-refractivity contribution in [2.24, 2.45) is 0 Å². The van der Waals surface area contributed by atoms with Gasteiger partial charge in [0, 0.05) is 12.5 Å². The number of hydrogen-bond acceptors (Lipinski definition) is 3. The van der Waals surface area contributed by atoms with E-state index in [1.54, 1.807) is 0 Å². The summed E-state index contributed by atoms with van der Waals surface area (Å²) in [5.41, 5.74) is 1.97. The van der Waals surface area contributed by atoms with Crippen LogP contribution in [0.3, 0.4) is 0 Å². The Bertz CT molecular complexity index is 699. The number of rotatable bonds is 2. The lowest BCUT2D eigenvalue weighted by Gasteiger charge is -2.06. The lowest BCUT2D eigenvalue weighted by molar-refractivity contribution is 1.19. The minimum atomic E-state index is 0. The molecule has 2 heterocycles. The van der Waals surface area contributed by atoms with Crippen LogP contribution in [-0.4, -0.2) is 9.97 Å². The molecule has 0 aliphatic heterocycles. The Kier molecular flexibility index (Phi) is 7.62. The summed E-state index contributed by atoms with van der Waals surface area (Å²) in [6.07, 6.45) is 0. The quantitative estimate of drug-likeness (QED) is 0.632. The summed E-state index contributed by atoms with van der Waals surface area (Å²) in [6.45, 7) is 9.97. The first-order valence-electron chi connectivity index (χ1n) is 7.88. The van der Waals surface area contributed by atoms with E-state index in [4.69, 9.17) is 0 Å². The first kappa shape index (κ1) is 17.6. The van der Waals surface area contributed by atoms with Gasteiger partial charge in [0.15, 0.2) is 0 Å². The molecule has 0 unspecified atom stereocenters. The lowest BCUT2D eigenvalue weighted by Crippen LogP contribution is -1.96. The van der Waals surface area contributed by atoms with E-state index in [-0.39, 0.29) is 1.43 Å². The molecule has 3 nitrogen and oxygen atoms in total. The van der Waals surface area contributed by atoms with Gasteiger partial charge in [-0.1, -0.05) is 52.0 Å². The first-order chi connectivity index (χ1) is 10.8. The van der Waals surface area contributed by atoms with Crippen molar-refractivity contribution in [3.8, 4) is 0 Å². The summed E-state index contributed by atoms with van der Waals surface area (Å²) in [7, 11) is 0. The highest BCUT2D eigenvalue weighted by Gasteiger charge is 1.99. The monoisotopic (exact) mass is 297 g/mol. The Morgan fingerprint density at radius 1 is 0.727 bits per heavy atom. The van der Waals surface area contributed by atoms with Gasteiger partial charge < -0.3 is 5.32 Å². The number of fused-ring (bicyclic) bond motifs is 1. The molecule has 3 heteroatoms. The van der Waals surface area contributed by atoms with Crippen molar-refractivity contribution >= 4 is 22.5 Å². The number of para-hydroxylation sites is 1. The number of nitrogens with one attached hydrogen (secondary N) is 1. The number of benzene rings is 1. The molecule has 0 fully saturated rings. The molecule has 0 saturated carbocycles. The van der Waals surface area contributed by atoms with Crippen LogP contribution >= 0.6 is 0 Å². The van der Waals surface area contributed by atoms with Gasteiger partial charge in [-0.15, -0.1) is 0 Å². The zero-order valence-electron chi connectivity index (χ0n) is 14.1. The van der Waals surface area contributed by atoms with E-state index < -0.39 is 0 Å². The molecule has 3 rings (SSSR count). The smallest absolute Gasteiger partial charge is 0.132 e. The van der Waals surface area contributed by atoms with E-state index in [0.717, 1.165) is 28.2 Å². The maximum absolute atomic E-state index is 4.55. The standard InChI is InChI=1S/C15H13N3.2C2H6.H2/c1-11-5-4-8-14(16-11)18-15-10-9-12-6-2-3-7-13(12)17-15;2*1-2;/h2-10H,1H3,(H,16,17,18);2*1-2H3;1H. The number of aryl methyl sites for hydroxylation is 1. The van der Waals surface area contributed by atoms with Gasteiger partial charge in [0.25, 0.3) is 0 Å². The molecule has 1 aromatic carbocycles. The van der Waals surface area contributed by atoms with Gasteiger partial charge in [0.05, 0.1) is 5.52 Å². The van der Waals surface area contributed by atoms with Crippen LogP contribution in [0.4, 0.5) is 11.6 Å². The van der Waals surface area contributed by atoms with Crippen molar-refractivity contribution in [3.63, 3.8) is 0 Å². The summed E-state index contributed by atoms with van der Waals surface area (Å²) in [6, 6.07) is 18.0. The molecule has 1 N–H and O–H groups in total. The third kappa shape index (κ3) is 4.85. The predicted molar refractivity (Wildman–Crippen MR) is 98.8 cm³/mol. The number of hydrogen-bond donors (Lipinski definition) is 1. The SMILES string of the molecule is CC.CC.Cc1cccc(Nc2ccc3ccccc3n2)n1.[HH]. The van der Waals surface area contributed by atoms with Crippen LogP contribution in [0.1, 0.15) is 34.8 Å². The van der Waals surface area contributed by atoms with Crippen molar-refractivity contribution in [2.75, 3.05) is 5.32 Å². The van der Waals surface area contributed by atoms with E-state index in [9.17, 15) is 0 Å². The van der Waals surface area contributed by atoms with Gasteiger partial charge in [0.1, 0.15) is 11.6 Å². The fourth-order valence-electron chi connectivity index (χ4n) is 1.88. The van der Waals surface area contributed by atoms with Crippen molar-refractivity contribution < 1.29 is 1.43 Å². The third-order valence-corrected chi connectivity index (χ3v) is 2.74. The van der Waals surface area contributed by atoms with E-state index in [2.05, 4.69) is 27.4 Å². The van der Waals surface area contributed by atoms with Gasteiger partial charge in [0.2, 0.25) is 0 Å². The van der Waals surface area contributed by atoms with E-state index >= 15 is 0 Å². The average molecular weight is 297 g/mol. The molecule has 0 radical (unpaired) electrons. The van der Waals surface area contributed by atoms with Crippen LogP contribution < -0.4 is 5.32 Å². The Morgan fingerprint density at radius 3 is 2.14 bits per heavy atom. The summed E-state index contributed by atoms with van der Waals surface area (Å²) in [5, 5.41) is 4.35. The molecular formula is C19H27N3. The summed E-state index contributed by atoms with van der Waals surface area (Å²) in [4.78, 5) is 8.95. The zero-order valence-corrected chi connectivity index (χ0v) is 14.1. The van der Waals surface area contributed by atoms with Crippen molar-refractivity contribution in [2.45, 2.75) is 34.6 Å². The topological polar surface area (TPSA) is 37.8 Å². The van der Waals surface area contributed by atoms with E-state index in [1.165, 1.54) is 0 Å². The Labute approximate surface area is 134 Å². The fourth-order valence-corrected chi connectivity index (χ4v) is 1.88. The molecule has 2 aromatic heterocycles. The fraction of sp³-hybridized carbons (Fsp3) is 0.263. The normalized spacial score (nSPS) is 9.14. The predicted octanol–water partition coefficient (Wildman–Crippen LogP) is 5.98. The molecule has 22 heavy (non-hydrogen) atoms. The van der Waals surface area contributed by atoms with Crippen LogP contribution in [-0.2, 0) is 0 Å². The molecular weight excluding hydrogens is 270 g/mol. The molecule has 3 aromatic rings. The third-order valence-electron chi connectivity index (χ3n) is 2.74. The maximum Gasteiger partial charge on any atom is 0.132 e. The Balaban J connectivity index is 0.000000901. The summed E-state index contributed by atoms with van der Waals surface area (Å²) in [5.74, 6) is 1.63. The van der Waals surface area contributed by atoms with Crippen LogP contribution in [0, 0.1) is 6.92 Å². The zero-order chi connectivity index (χ0) is 16.4. The number of aromatic nitrogens is 2. The second-order valence-electron chi connectivity index (χ2n) is 4.18. The number of pyridine rings is 2. The Morgan fingerprint density at radius 2 is 1.41 bits per heavy atom. The Hall–Kier alpha value is -2.42. The van der Waals surface area contributed by atoms with E-state index in [0.29, 0.717) is 0 Å². The average Bonchev–Trinajstić information content (AvgIpc) is 2.58.